The first-order valence-electron chi connectivity index (χ1n) is 4.25. The van der Waals surface area contributed by atoms with Gasteiger partial charge in [-0.2, -0.15) is 0 Å². The fraction of sp³-hybridized carbons (Fsp3) is 0.364. The third kappa shape index (κ3) is 1.89. The van der Waals surface area contributed by atoms with E-state index < -0.39 is 0 Å². The van der Waals surface area contributed by atoms with E-state index in [1.54, 1.807) is 11.3 Å². The van der Waals surface area contributed by atoms with Gasteiger partial charge in [-0.3, -0.25) is 4.79 Å². The van der Waals surface area contributed by atoms with Crippen LogP contribution in [0.15, 0.2) is 11.0 Å². The molecule has 0 spiro atoms. The van der Waals surface area contributed by atoms with Crippen LogP contribution in [0.25, 0.3) is 5.57 Å². The van der Waals surface area contributed by atoms with Gasteiger partial charge < -0.3 is 0 Å². The summed E-state index contributed by atoms with van der Waals surface area (Å²) in [5.41, 5.74) is 4.44. The van der Waals surface area contributed by atoms with Crippen molar-refractivity contribution in [2.75, 3.05) is 0 Å². The van der Waals surface area contributed by atoms with E-state index in [4.69, 9.17) is 0 Å². The summed E-state index contributed by atoms with van der Waals surface area (Å²) in [7, 11) is 0. The molecule has 2 heteroatoms. The van der Waals surface area contributed by atoms with Crippen molar-refractivity contribution in [1.82, 2.24) is 0 Å². The molecule has 0 aliphatic carbocycles. The van der Waals surface area contributed by atoms with Crippen LogP contribution in [0.3, 0.4) is 0 Å². The summed E-state index contributed by atoms with van der Waals surface area (Å²) in [5.74, 6) is 0. The van der Waals surface area contributed by atoms with E-state index in [1.807, 2.05) is 13.8 Å². The Balaban J connectivity index is 3.30. The van der Waals surface area contributed by atoms with Crippen LogP contribution in [0.4, 0.5) is 0 Å². The summed E-state index contributed by atoms with van der Waals surface area (Å²) < 4.78 is 0. The highest BCUT2D eigenvalue weighted by atomic mass is 32.1. The Morgan fingerprint density at radius 2 is 2.00 bits per heavy atom. The van der Waals surface area contributed by atoms with Gasteiger partial charge in [-0.25, -0.2) is 0 Å². The lowest BCUT2D eigenvalue weighted by atomic mass is 10.0. The number of thiophene rings is 1. The molecule has 0 radical (unpaired) electrons. The van der Waals surface area contributed by atoms with Gasteiger partial charge in [0.05, 0.1) is 0 Å². The lowest BCUT2D eigenvalue weighted by Gasteiger charge is -2.04. The fourth-order valence-corrected chi connectivity index (χ4v) is 2.32. The maximum atomic E-state index is 10.6. The number of aldehydes is 1. The van der Waals surface area contributed by atoms with E-state index in [0.29, 0.717) is 0 Å². The van der Waals surface area contributed by atoms with Crippen molar-refractivity contribution in [1.29, 1.82) is 0 Å². The molecule has 1 nitrogen and oxygen atoms in total. The molecule has 1 aromatic heterocycles. The molecule has 0 unspecified atom stereocenters. The summed E-state index contributed by atoms with van der Waals surface area (Å²) in [6.07, 6.45) is 0.922. The summed E-state index contributed by atoms with van der Waals surface area (Å²) in [5, 5.41) is 2.13. The number of hydrogen-bond acceptors (Lipinski definition) is 2. The lowest BCUT2D eigenvalue weighted by molar-refractivity contribution is -0.104. The molecule has 0 N–H and O–H groups in total. The van der Waals surface area contributed by atoms with Crippen molar-refractivity contribution in [3.05, 3.63) is 27.0 Å². The molecular formula is C11H14OS. The number of aryl methyl sites for hydroxylation is 2. The van der Waals surface area contributed by atoms with Crippen molar-refractivity contribution < 1.29 is 4.79 Å². The monoisotopic (exact) mass is 194 g/mol. The van der Waals surface area contributed by atoms with Crippen LogP contribution in [-0.2, 0) is 4.79 Å². The first-order chi connectivity index (χ1) is 6.07. The molecule has 0 aliphatic rings. The number of hydrogen-bond donors (Lipinski definition) is 0. The molecule has 13 heavy (non-hydrogen) atoms. The van der Waals surface area contributed by atoms with Crippen LogP contribution in [0.1, 0.15) is 29.9 Å². The summed E-state index contributed by atoms with van der Waals surface area (Å²) in [6, 6.07) is 0. The molecule has 0 bridgehead atoms. The van der Waals surface area contributed by atoms with E-state index in [1.165, 1.54) is 16.0 Å². The number of rotatable bonds is 2. The second-order valence-electron chi connectivity index (χ2n) is 3.28. The van der Waals surface area contributed by atoms with Crippen LogP contribution < -0.4 is 0 Å². The summed E-state index contributed by atoms with van der Waals surface area (Å²) >= 11 is 1.74. The minimum atomic E-state index is 0.824. The zero-order chi connectivity index (χ0) is 10.0. The average Bonchev–Trinajstić information content (AvgIpc) is 2.44. The molecule has 0 saturated heterocycles. The second kappa shape index (κ2) is 3.88. The Bertz CT molecular complexity index is 339. The van der Waals surface area contributed by atoms with Gasteiger partial charge in [-0.15, -0.1) is 11.3 Å². The van der Waals surface area contributed by atoms with E-state index in [2.05, 4.69) is 19.2 Å². The summed E-state index contributed by atoms with van der Waals surface area (Å²) in [6.45, 7) is 8.04. The Labute approximate surface area is 83.1 Å². The SMILES string of the molecule is C/C(C=O)=C(/C)c1c(C)csc1C. The van der Waals surface area contributed by atoms with Gasteiger partial charge in [0, 0.05) is 4.88 Å². The van der Waals surface area contributed by atoms with Crippen molar-refractivity contribution in [3.8, 4) is 0 Å². The fourth-order valence-electron chi connectivity index (χ4n) is 1.42. The third-order valence-electron chi connectivity index (χ3n) is 2.30. The van der Waals surface area contributed by atoms with Crippen molar-refractivity contribution in [2.45, 2.75) is 27.7 Å². The molecule has 1 heterocycles. The van der Waals surface area contributed by atoms with Gasteiger partial charge in [-0.1, -0.05) is 0 Å². The Morgan fingerprint density at radius 1 is 1.38 bits per heavy atom. The zero-order valence-electron chi connectivity index (χ0n) is 8.47. The normalized spacial score (nSPS) is 12.6. The quantitative estimate of drug-likeness (QED) is 0.521. The van der Waals surface area contributed by atoms with Crippen molar-refractivity contribution in [3.63, 3.8) is 0 Å². The van der Waals surface area contributed by atoms with Gasteiger partial charge in [-0.05, 0) is 55.3 Å². The second-order valence-corrected chi connectivity index (χ2v) is 4.36. The van der Waals surface area contributed by atoms with Crippen molar-refractivity contribution >= 4 is 23.2 Å². The zero-order valence-corrected chi connectivity index (χ0v) is 9.29. The first-order valence-corrected chi connectivity index (χ1v) is 5.13. The Hall–Kier alpha value is -0.890. The minimum Gasteiger partial charge on any atom is -0.298 e. The van der Waals surface area contributed by atoms with E-state index >= 15 is 0 Å². The van der Waals surface area contributed by atoms with Gasteiger partial charge >= 0.3 is 0 Å². The highest BCUT2D eigenvalue weighted by Crippen LogP contribution is 2.29. The molecule has 0 aromatic carbocycles. The summed E-state index contributed by atoms with van der Waals surface area (Å²) in [4.78, 5) is 11.9. The largest absolute Gasteiger partial charge is 0.298 e. The third-order valence-corrected chi connectivity index (χ3v) is 3.33. The molecule has 70 valence electrons. The van der Waals surface area contributed by atoms with Crippen molar-refractivity contribution in [2.24, 2.45) is 0 Å². The smallest absolute Gasteiger partial charge is 0.146 e. The molecule has 0 fully saturated rings. The van der Waals surface area contributed by atoms with Crippen LogP contribution in [0.2, 0.25) is 0 Å². The minimum absolute atomic E-state index is 0.824. The Morgan fingerprint density at radius 3 is 2.38 bits per heavy atom. The van der Waals surface area contributed by atoms with E-state index in [0.717, 1.165) is 17.4 Å². The predicted octanol–water partition coefficient (Wildman–Crippen LogP) is 3.36. The number of carbonyl (C=O) groups is 1. The molecule has 1 aromatic rings. The molecule has 1 rings (SSSR count). The van der Waals surface area contributed by atoms with Gasteiger partial charge in [0.25, 0.3) is 0 Å². The van der Waals surface area contributed by atoms with Crippen LogP contribution >= 0.6 is 11.3 Å². The maximum absolute atomic E-state index is 10.6. The molecule has 0 aliphatic heterocycles. The molecule has 0 amide bonds. The Kier molecular flexibility index (Phi) is 3.04. The van der Waals surface area contributed by atoms with Gasteiger partial charge in [0.2, 0.25) is 0 Å². The van der Waals surface area contributed by atoms with E-state index in [-0.39, 0.29) is 0 Å². The standard InChI is InChI=1S/C11H14OS/c1-7(5-12)9(3)11-8(2)6-13-10(11)4/h5-6H,1-4H3/b9-7+. The molecule has 0 atom stereocenters. The lowest BCUT2D eigenvalue weighted by Crippen LogP contribution is -1.88. The average molecular weight is 194 g/mol. The van der Waals surface area contributed by atoms with Crippen LogP contribution in [-0.4, -0.2) is 6.29 Å². The van der Waals surface area contributed by atoms with Gasteiger partial charge in [0.1, 0.15) is 6.29 Å². The highest BCUT2D eigenvalue weighted by molar-refractivity contribution is 7.10. The van der Waals surface area contributed by atoms with Crippen LogP contribution in [0.5, 0.6) is 0 Å². The first kappa shape index (κ1) is 10.2. The maximum Gasteiger partial charge on any atom is 0.146 e. The van der Waals surface area contributed by atoms with Crippen LogP contribution in [0, 0.1) is 13.8 Å². The van der Waals surface area contributed by atoms with E-state index in [9.17, 15) is 4.79 Å². The number of carbonyl (C=O) groups excluding carboxylic acids is 1. The highest BCUT2D eigenvalue weighted by Gasteiger charge is 2.08. The molecule has 0 saturated carbocycles. The van der Waals surface area contributed by atoms with Gasteiger partial charge in [0.15, 0.2) is 0 Å². The number of allylic oxidation sites excluding steroid dienone is 2. The molecular weight excluding hydrogens is 180 g/mol. The predicted molar refractivity (Wildman–Crippen MR) is 58.1 cm³/mol. The topological polar surface area (TPSA) is 17.1 Å².